The van der Waals surface area contributed by atoms with E-state index in [0.29, 0.717) is 23.6 Å². The SMILES string of the molecule is Cc1cccc(Cl)c1NC(=O)NC1(C(=O)O)CCCC1. The number of halogens is 1. The molecule has 5 nitrogen and oxygen atoms in total. The van der Waals surface area contributed by atoms with Crippen LogP contribution in [0.5, 0.6) is 0 Å². The molecule has 0 unspecified atom stereocenters. The van der Waals surface area contributed by atoms with Gasteiger partial charge in [0.1, 0.15) is 5.54 Å². The maximum Gasteiger partial charge on any atom is 0.329 e. The summed E-state index contributed by atoms with van der Waals surface area (Å²) < 4.78 is 0. The Labute approximate surface area is 122 Å². The number of rotatable bonds is 3. The van der Waals surface area contributed by atoms with Crippen molar-refractivity contribution in [3.05, 3.63) is 28.8 Å². The van der Waals surface area contributed by atoms with E-state index in [9.17, 15) is 14.7 Å². The molecule has 6 heteroatoms. The average Bonchev–Trinajstić information content (AvgIpc) is 2.84. The van der Waals surface area contributed by atoms with E-state index < -0.39 is 17.5 Å². The maximum atomic E-state index is 12.0. The van der Waals surface area contributed by atoms with E-state index in [4.69, 9.17) is 11.6 Å². The smallest absolute Gasteiger partial charge is 0.329 e. The zero-order chi connectivity index (χ0) is 14.8. The minimum Gasteiger partial charge on any atom is -0.480 e. The number of amides is 2. The summed E-state index contributed by atoms with van der Waals surface area (Å²) in [6.45, 7) is 1.82. The first kappa shape index (κ1) is 14.7. The monoisotopic (exact) mass is 296 g/mol. The molecule has 0 bridgehead atoms. The molecule has 1 saturated carbocycles. The third kappa shape index (κ3) is 2.88. The van der Waals surface area contributed by atoms with Crippen LogP contribution in [0.15, 0.2) is 18.2 Å². The third-order valence-corrected chi connectivity index (χ3v) is 3.99. The minimum atomic E-state index is -1.15. The molecule has 20 heavy (non-hydrogen) atoms. The van der Waals surface area contributed by atoms with Gasteiger partial charge >= 0.3 is 12.0 Å². The van der Waals surface area contributed by atoms with Gasteiger partial charge in [0.15, 0.2) is 0 Å². The molecule has 108 valence electrons. The van der Waals surface area contributed by atoms with E-state index in [0.717, 1.165) is 18.4 Å². The van der Waals surface area contributed by atoms with Crippen LogP contribution in [0.25, 0.3) is 0 Å². The Morgan fingerprint density at radius 1 is 1.30 bits per heavy atom. The molecule has 3 N–H and O–H groups in total. The summed E-state index contributed by atoms with van der Waals surface area (Å²) in [6, 6.07) is 4.75. The van der Waals surface area contributed by atoms with E-state index in [1.165, 1.54) is 0 Å². The second-order valence-electron chi connectivity index (χ2n) is 5.11. The van der Waals surface area contributed by atoms with Gasteiger partial charge in [0, 0.05) is 0 Å². The summed E-state index contributed by atoms with van der Waals surface area (Å²) in [7, 11) is 0. The normalized spacial score (nSPS) is 16.7. The topological polar surface area (TPSA) is 78.4 Å². The lowest BCUT2D eigenvalue weighted by atomic mass is 9.98. The number of urea groups is 1. The van der Waals surface area contributed by atoms with Gasteiger partial charge in [0.2, 0.25) is 0 Å². The summed E-state index contributed by atoms with van der Waals surface area (Å²) in [5.41, 5.74) is 0.174. The molecule has 1 fully saturated rings. The summed E-state index contributed by atoms with van der Waals surface area (Å²) in [4.78, 5) is 23.4. The second-order valence-corrected chi connectivity index (χ2v) is 5.51. The molecule has 1 aromatic carbocycles. The summed E-state index contributed by atoms with van der Waals surface area (Å²) in [5, 5.41) is 15.0. The largest absolute Gasteiger partial charge is 0.480 e. The molecule has 0 atom stereocenters. The first-order chi connectivity index (χ1) is 9.44. The number of aliphatic carboxylic acids is 1. The molecule has 0 saturated heterocycles. The molecular formula is C14H17ClN2O3. The van der Waals surface area contributed by atoms with Crippen molar-refractivity contribution in [1.29, 1.82) is 0 Å². The molecule has 1 aromatic rings. The van der Waals surface area contributed by atoms with Crippen LogP contribution in [-0.4, -0.2) is 22.6 Å². The Bertz CT molecular complexity index is 519. The molecule has 0 spiro atoms. The number of carbonyl (C=O) groups is 2. The Morgan fingerprint density at radius 3 is 2.50 bits per heavy atom. The number of carboxylic acid groups (broad SMARTS) is 1. The second kappa shape index (κ2) is 5.71. The number of benzene rings is 1. The summed E-state index contributed by atoms with van der Waals surface area (Å²) in [6.07, 6.45) is 2.52. The molecule has 0 heterocycles. The number of anilines is 1. The quantitative estimate of drug-likeness (QED) is 0.801. The fraction of sp³-hybridized carbons (Fsp3) is 0.429. The van der Waals surface area contributed by atoms with Crippen molar-refractivity contribution in [3.63, 3.8) is 0 Å². The lowest BCUT2D eigenvalue weighted by molar-refractivity contribution is -0.144. The van der Waals surface area contributed by atoms with Crippen LogP contribution in [0, 0.1) is 6.92 Å². The molecule has 1 aliphatic carbocycles. The lowest BCUT2D eigenvalue weighted by Crippen LogP contribution is -2.53. The van der Waals surface area contributed by atoms with E-state index in [1.54, 1.807) is 12.1 Å². The zero-order valence-electron chi connectivity index (χ0n) is 11.2. The number of aryl methyl sites for hydroxylation is 1. The van der Waals surface area contributed by atoms with Gasteiger partial charge in [-0.1, -0.05) is 36.6 Å². The average molecular weight is 297 g/mol. The number of nitrogens with one attached hydrogen (secondary N) is 2. The first-order valence-corrected chi connectivity index (χ1v) is 6.90. The van der Waals surface area contributed by atoms with Gasteiger partial charge in [0.25, 0.3) is 0 Å². The molecule has 2 amide bonds. The number of carbonyl (C=O) groups excluding carboxylic acids is 1. The van der Waals surface area contributed by atoms with Gasteiger partial charge in [-0.15, -0.1) is 0 Å². The van der Waals surface area contributed by atoms with Crippen molar-refractivity contribution in [2.45, 2.75) is 38.1 Å². The van der Waals surface area contributed by atoms with Gasteiger partial charge in [0.05, 0.1) is 10.7 Å². The van der Waals surface area contributed by atoms with Gasteiger partial charge in [-0.2, -0.15) is 0 Å². The van der Waals surface area contributed by atoms with Crippen molar-refractivity contribution >= 4 is 29.3 Å². The summed E-state index contributed by atoms with van der Waals surface area (Å²) >= 11 is 6.03. The van der Waals surface area contributed by atoms with Crippen LogP contribution in [-0.2, 0) is 4.79 Å². The van der Waals surface area contributed by atoms with Crippen molar-refractivity contribution in [2.75, 3.05) is 5.32 Å². The zero-order valence-corrected chi connectivity index (χ0v) is 12.0. The minimum absolute atomic E-state index is 0.427. The van der Waals surface area contributed by atoms with Crippen LogP contribution < -0.4 is 10.6 Å². The highest BCUT2D eigenvalue weighted by Crippen LogP contribution is 2.30. The van der Waals surface area contributed by atoms with Gasteiger partial charge in [-0.25, -0.2) is 9.59 Å². The fourth-order valence-electron chi connectivity index (χ4n) is 2.52. The van der Waals surface area contributed by atoms with E-state index in [1.807, 2.05) is 13.0 Å². The molecule has 0 aromatic heterocycles. The Kier molecular flexibility index (Phi) is 4.18. The molecule has 1 aliphatic rings. The van der Waals surface area contributed by atoms with Crippen LogP contribution >= 0.6 is 11.6 Å². The van der Waals surface area contributed by atoms with Crippen LogP contribution in [0.1, 0.15) is 31.2 Å². The van der Waals surface area contributed by atoms with Gasteiger partial charge in [-0.3, -0.25) is 0 Å². The van der Waals surface area contributed by atoms with Gasteiger partial charge < -0.3 is 15.7 Å². The van der Waals surface area contributed by atoms with Crippen molar-refractivity contribution < 1.29 is 14.7 Å². The molecular weight excluding hydrogens is 280 g/mol. The first-order valence-electron chi connectivity index (χ1n) is 6.52. The standard InChI is InChI=1S/C14H17ClN2O3/c1-9-5-4-6-10(15)11(9)16-13(20)17-14(12(18)19)7-2-3-8-14/h4-6H,2-3,7-8H2,1H3,(H,18,19)(H2,16,17,20). The number of carboxylic acids is 1. The molecule has 0 radical (unpaired) electrons. The number of para-hydroxylation sites is 1. The van der Waals surface area contributed by atoms with E-state index in [2.05, 4.69) is 10.6 Å². The highest BCUT2D eigenvalue weighted by atomic mass is 35.5. The van der Waals surface area contributed by atoms with Crippen LogP contribution in [0.4, 0.5) is 10.5 Å². The Balaban J connectivity index is 2.11. The predicted molar refractivity (Wildman–Crippen MR) is 77.2 cm³/mol. The molecule has 0 aliphatic heterocycles. The Hall–Kier alpha value is -1.75. The summed E-state index contributed by atoms with van der Waals surface area (Å²) in [5.74, 6) is -0.985. The highest BCUT2D eigenvalue weighted by molar-refractivity contribution is 6.33. The van der Waals surface area contributed by atoms with Gasteiger partial charge in [-0.05, 0) is 31.4 Å². The van der Waals surface area contributed by atoms with Crippen molar-refractivity contribution in [2.24, 2.45) is 0 Å². The van der Waals surface area contributed by atoms with Crippen LogP contribution in [0.3, 0.4) is 0 Å². The van der Waals surface area contributed by atoms with Crippen molar-refractivity contribution in [1.82, 2.24) is 5.32 Å². The predicted octanol–water partition coefficient (Wildman–Crippen LogP) is 3.17. The van der Waals surface area contributed by atoms with E-state index >= 15 is 0 Å². The highest BCUT2D eigenvalue weighted by Gasteiger charge is 2.42. The fourth-order valence-corrected chi connectivity index (χ4v) is 2.79. The third-order valence-electron chi connectivity index (χ3n) is 3.68. The maximum absolute atomic E-state index is 12.0. The lowest BCUT2D eigenvalue weighted by Gasteiger charge is -2.25. The number of hydrogen-bond acceptors (Lipinski definition) is 2. The number of hydrogen-bond donors (Lipinski definition) is 3. The van der Waals surface area contributed by atoms with Crippen molar-refractivity contribution in [3.8, 4) is 0 Å². The van der Waals surface area contributed by atoms with Crippen LogP contribution in [0.2, 0.25) is 5.02 Å². The molecule has 2 rings (SSSR count). The Morgan fingerprint density at radius 2 is 1.95 bits per heavy atom. The van der Waals surface area contributed by atoms with E-state index in [-0.39, 0.29) is 0 Å².